The molecule has 1 aliphatic heterocycles. The summed E-state index contributed by atoms with van der Waals surface area (Å²) in [6, 6.07) is 15.3. The first-order valence-electron chi connectivity index (χ1n) is 10.2. The van der Waals surface area contributed by atoms with Crippen molar-refractivity contribution in [1.29, 1.82) is 0 Å². The van der Waals surface area contributed by atoms with Crippen LogP contribution in [0.1, 0.15) is 25.3 Å². The number of carbonyl (C=O) groups is 1. The zero-order valence-electron chi connectivity index (χ0n) is 16.7. The molecule has 0 aromatic heterocycles. The van der Waals surface area contributed by atoms with Crippen molar-refractivity contribution in [3.05, 3.63) is 48.0 Å². The van der Waals surface area contributed by atoms with Crippen LogP contribution in [0.4, 0.5) is 0 Å². The average molecular weight is 382 g/mol. The summed E-state index contributed by atoms with van der Waals surface area (Å²) in [5, 5.41) is 9.48. The quantitative estimate of drug-likeness (QED) is 0.505. The van der Waals surface area contributed by atoms with E-state index in [0.29, 0.717) is 12.6 Å². The highest BCUT2D eigenvalue weighted by Crippen LogP contribution is 2.18. The number of carbonyl (C=O) groups excluding carboxylic acids is 1. The number of nitrogens with zero attached hydrogens (tertiary/aromatic N) is 2. The van der Waals surface area contributed by atoms with Gasteiger partial charge in [0.25, 0.3) is 0 Å². The summed E-state index contributed by atoms with van der Waals surface area (Å²) in [4.78, 5) is 18.0. The molecule has 4 N–H and O–H groups in total. The summed E-state index contributed by atoms with van der Waals surface area (Å²) in [5.41, 5.74) is 6.62. The van der Waals surface area contributed by atoms with E-state index < -0.39 is 0 Å². The van der Waals surface area contributed by atoms with E-state index >= 15 is 0 Å². The van der Waals surface area contributed by atoms with E-state index in [4.69, 9.17) is 10.7 Å². The number of nitrogens with two attached hydrogens (primary N) is 1. The van der Waals surface area contributed by atoms with Crippen LogP contribution in [0.25, 0.3) is 10.8 Å². The summed E-state index contributed by atoms with van der Waals surface area (Å²) in [6.07, 6.45) is 2.89. The summed E-state index contributed by atoms with van der Waals surface area (Å²) in [7, 11) is 0. The van der Waals surface area contributed by atoms with Gasteiger partial charge in [0.1, 0.15) is 0 Å². The maximum atomic E-state index is 11.1. The van der Waals surface area contributed by atoms with Gasteiger partial charge in [-0.25, -0.2) is 0 Å². The predicted molar refractivity (Wildman–Crippen MR) is 115 cm³/mol. The van der Waals surface area contributed by atoms with Gasteiger partial charge in [0.15, 0.2) is 5.96 Å². The molecule has 0 radical (unpaired) electrons. The number of hydrogen-bond acceptors (Lipinski definition) is 3. The van der Waals surface area contributed by atoms with Crippen molar-refractivity contribution in [3.63, 3.8) is 0 Å². The van der Waals surface area contributed by atoms with Crippen LogP contribution in [-0.2, 0) is 11.2 Å². The van der Waals surface area contributed by atoms with Gasteiger partial charge in [-0.15, -0.1) is 0 Å². The lowest BCUT2D eigenvalue weighted by Gasteiger charge is -2.32. The molecule has 0 aliphatic carbocycles. The molecule has 0 bridgehead atoms. The Bertz CT molecular complexity index is 806. The molecule has 0 spiro atoms. The van der Waals surface area contributed by atoms with Gasteiger partial charge in [0, 0.05) is 32.2 Å². The third kappa shape index (κ3) is 5.70. The Kier molecular flexibility index (Phi) is 7.25. The van der Waals surface area contributed by atoms with Crippen molar-refractivity contribution in [1.82, 2.24) is 15.5 Å². The van der Waals surface area contributed by atoms with Crippen LogP contribution in [-0.4, -0.2) is 55.5 Å². The number of piperidine rings is 1. The van der Waals surface area contributed by atoms with Gasteiger partial charge >= 0.3 is 0 Å². The fourth-order valence-corrected chi connectivity index (χ4v) is 3.77. The first kappa shape index (κ1) is 20.1. The lowest BCUT2D eigenvalue weighted by atomic mass is 10.0. The van der Waals surface area contributed by atoms with E-state index in [-0.39, 0.29) is 5.91 Å². The highest BCUT2D eigenvalue weighted by molar-refractivity contribution is 5.85. The van der Waals surface area contributed by atoms with Crippen LogP contribution < -0.4 is 16.4 Å². The number of nitrogens with one attached hydrogen (secondary N) is 2. The standard InChI is InChI=1S/C22H31N5O/c1-2-24-22(26-19-11-14-27(15-12-19)16-21(23)28)25-13-10-18-8-5-7-17-6-3-4-9-20(17)18/h3-9,19H,2,10-16H2,1H3,(H2,23,28)(H2,24,25,26). The Morgan fingerprint density at radius 2 is 1.93 bits per heavy atom. The van der Waals surface area contributed by atoms with Crippen LogP contribution in [0.5, 0.6) is 0 Å². The van der Waals surface area contributed by atoms with Crippen molar-refractivity contribution in [2.45, 2.75) is 32.2 Å². The maximum Gasteiger partial charge on any atom is 0.231 e. The van der Waals surface area contributed by atoms with Crippen molar-refractivity contribution in [2.24, 2.45) is 10.7 Å². The Morgan fingerprint density at radius 3 is 2.68 bits per heavy atom. The Labute approximate surface area is 167 Å². The van der Waals surface area contributed by atoms with Crippen molar-refractivity contribution >= 4 is 22.6 Å². The van der Waals surface area contributed by atoms with E-state index in [9.17, 15) is 4.79 Å². The SMILES string of the molecule is CCNC(=NCCc1cccc2ccccc12)NC1CCN(CC(N)=O)CC1. The monoisotopic (exact) mass is 381 g/mol. The van der Waals surface area contributed by atoms with Gasteiger partial charge in [-0.2, -0.15) is 0 Å². The number of fused-ring (bicyclic) bond motifs is 1. The number of rotatable bonds is 7. The fraction of sp³-hybridized carbons (Fsp3) is 0.455. The number of aliphatic imine (C=N–C) groups is 1. The second-order valence-corrected chi connectivity index (χ2v) is 7.31. The third-order valence-corrected chi connectivity index (χ3v) is 5.18. The molecule has 0 saturated carbocycles. The molecule has 2 aromatic rings. The van der Waals surface area contributed by atoms with Crippen LogP contribution in [0.15, 0.2) is 47.5 Å². The number of hydrogen-bond donors (Lipinski definition) is 3. The van der Waals surface area contributed by atoms with Crippen LogP contribution in [0.3, 0.4) is 0 Å². The minimum absolute atomic E-state index is 0.255. The molecule has 150 valence electrons. The first-order valence-corrected chi connectivity index (χ1v) is 10.2. The molecule has 0 unspecified atom stereocenters. The normalized spacial score (nSPS) is 16.2. The molecule has 2 aromatic carbocycles. The molecule has 1 amide bonds. The Morgan fingerprint density at radius 1 is 1.18 bits per heavy atom. The van der Waals surface area contributed by atoms with Crippen LogP contribution in [0, 0.1) is 0 Å². The van der Waals surface area contributed by atoms with E-state index in [1.165, 1.54) is 16.3 Å². The van der Waals surface area contributed by atoms with Crippen molar-refractivity contribution < 1.29 is 4.79 Å². The smallest absolute Gasteiger partial charge is 0.231 e. The molecule has 3 rings (SSSR count). The molecule has 1 saturated heterocycles. The number of guanidine groups is 1. The van der Waals surface area contributed by atoms with Gasteiger partial charge in [-0.05, 0) is 42.5 Å². The van der Waals surface area contributed by atoms with E-state index in [0.717, 1.165) is 51.4 Å². The summed E-state index contributed by atoms with van der Waals surface area (Å²) in [6.45, 7) is 5.78. The molecule has 1 fully saturated rings. The second kappa shape index (κ2) is 10.1. The fourth-order valence-electron chi connectivity index (χ4n) is 3.77. The minimum atomic E-state index is -0.255. The lowest BCUT2D eigenvalue weighted by Crippen LogP contribution is -2.49. The minimum Gasteiger partial charge on any atom is -0.369 e. The molecular formula is C22H31N5O. The molecular weight excluding hydrogens is 350 g/mol. The number of likely N-dealkylation sites (tertiary alicyclic amines) is 1. The number of benzene rings is 2. The highest BCUT2D eigenvalue weighted by atomic mass is 16.1. The maximum absolute atomic E-state index is 11.1. The Balaban J connectivity index is 1.55. The largest absolute Gasteiger partial charge is 0.369 e. The van der Waals surface area contributed by atoms with Gasteiger partial charge < -0.3 is 16.4 Å². The first-order chi connectivity index (χ1) is 13.7. The van der Waals surface area contributed by atoms with Gasteiger partial charge in [0.05, 0.1) is 6.54 Å². The number of primary amides is 1. The molecule has 1 aliphatic rings. The highest BCUT2D eigenvalue weighted by Gasteiger charge is 2.20. The predicted octanol–water partition coefficient (Wildman–Crippen LogP) is 1.89. The summed E-state index contributed by atoms with van der Waals surface area (Å²) < 4.78 is 0. The molecule has 6 heteroatoms. The molecule has 0 atom stereocenters. The van der Waals surface area contributed by atoms with Crippen LogP contribution >= 0.6 is 0 Å². The van der Waals surface area contributed by atoms with Crippen molar-refractivity contribution in [3.8, 4) is 0 Å². The average Bonchev–Trinajstić information content (AvgIpc) is 2.69. The van der Waals surface area contributed by atoms with E-state index in [1.54, 1.807) is 0 Å². The molecule has 1 heterocycles. The van der Waals surface area contributed by atoms with Gasteiger partial charge in [0.2, 0.25) is 5.91 Å². The third-order valence-electron chi connectivity index (χ3n) is 5.18. The zero-order valence-corrected chi connectivity index (χ0v) is 16.7. The molecule has 6 nitrogen and oxygen atoms in total. The summed E-state index contributed by atoms with van der Waals surface area (Å²) in [5.74, 6) is 0.617. The lowest BCUT2D eigenvalue weighted by molar-refractivity contribution is -0.119. The summed E-state index contributed by atoms with van der Waals surface area (Å²) >= 11 is 0. The van der Waals surface area contributed by atoms with Gasteiger partial charge in [-0.3, -0.25) is 14.7 Å². The Hall–Kier alpha value is -2.60. The van der Waals surface area contributed by atoms with Crippen molar-refractivity contribution in [2.75, 3.05) is 32.7 Å². The van der Waals surface area contributed by atoms with E-state index in [2.05, 4.69) is 64.9 Å². The van der Waals surface area contributed by atoms with Crippen LogP contribution in [0.2, 0.25) is 0 Å². The zero-order chi connectivity index (χ0) is 19.8. The second-order valence-electron chi connectivity index (χ2n) is 7.31. The van der Waals surface area contributed by atoms with Gasteiger partial charge in [-0.1, -0.05) is 42.5 Å². The van der Waals surface area contributed by atoms with E-state index in [1.807, 2.05) is 0 Å². The topological polar surface area (TPSA) is 82.8 Å². The molecule has 28 heavy (non-hydrogen) atoms. The number of amides is 1.